The molecule has 3 nitrogen and oxygen atoms in total. The number of hydrogen-bond acceptors (Lipinski definition) is 3. The van der Waals surface area contributed by atoms with Crippen molar-refractivity contribution in [3.05, 3.63) is 35.9 Å². The quantitative estimate of drug-likeness (QED) is 0.747. The zero-order chi connectivity index (χ0) is 12.1. The molecule has 1 aromatic carbocycles. The van der Waals surface area contributed by atoms with Crippen LogP contribution in [0, 0.1) is 0 Å². The Morgan fingerprint density at radius 2 is 2.18 bits per heavy atom. The van der Waals surface area contributed by atoms with Gasteiger partial charge in [-0.15, -0.1) is 0 Å². The predicted molar refractivity (Wildman–Crippen MR) is 66.5 cm³/mol. The van der Waals surface area contributed by atoms with Gasteiger partial charge in [-0.05, 0) is 31.5 Å². The van der Waals surface area contributed by atoms with Crippen LogP contribution in [0.25, 0.3) is 0 Å². The molecule has 0 aliphatic carbocycles. The van der Waals surface area contributed by atoms with Crippen LogP contribution in [0.1, 0.15) is 25.3 Å². The maximum absolute atomic E-state index is 11.9. The summed E-state index contributed by atoms with van der Waals surface area (Å²) in [6.45, 7) is 4.41. The normalized spacial score (nSPS) is 20.4. The summed E-state index contributed by atoms with van der Waals surface area (Å²) in [5.41, 5.74) is 1.04. The molecule has 0 bridgehead atoms. The van der Waals surface area contributed by atoms with E-state index in [0.29, 0.717) is 6.61 Å². The first-order chi connectivity index (χ1) is 8.31. The predicted octanol–water partition coefficient (Wildman–Crippen LogP) is 2.21. The maximum atomic E-state index is 11.9. The summed E-state index contributed by atoms with van der Waals surface area (Å²) in [7, 11) is 0. The van der Waals surface area contributed by atoms with Crippen molar-refractivity contribution in [1.82, 2.24) is 4.90 Å². The van der Waals surface area contributed by atoms with Gasteiger partial charge in [-0.2, -0.15) is 0 Å². The molecule has 3 heteroatoms. The SMILES string of the molecule is CCN1CCC[C@@H]1C(=O)OCc1ccccc1. The number of likely N-dealkylation sites (tertiary alicyclic amines) is 1. The van der Waals surface area contributed by atoms with E-state index >= 15 is 0 Å². The number of nitrogens with zero attached hydrogens (tertiary/aromatic N) is 1. The molecule has 92 valence electrons. The molecule has 0 N–H and O–H groups in total. The van der Waals surface area contributed by atoms with E-state index in [0.717, 1.165) is 31.5 Å². The van der Waals surface area contributed by atoms with Crippen LogP contribution in [-0.4, -0.2) is 30.0 Å². The van der Waals surface area contributed by atoms with Crippen molar-refractivity contribution in [3.63, 3.8) is 0 Å². The summed E-state index contributed by atoms with van der Waals surface area (Å²) in [6.07, 6.45) is 2.03. The second-order valence-electron chi connectivity index (χ2n) is 4.38. The standard InChI is InChI=1S/C14H19NO2/c1-2-15-10-6-9-13(15)14(16)17-11-12-7-4-3-5-8-12/h3-5,7-8,13H,2,6,9-11H2,1H3/t13-/m1/s1. The first-order valence-corrected chi connectivity index (χ1v) is 6.26. The average molecular weight is 233 g/mol. The molecule has 0 aromatic heterocycles. The van der Waals surface area contributed by atoms with Crippen molar-refractivity contribution >= 4 is 5.97 Å². The molecule has 2 rings (SSSR count). The van der Waals surface area contributed by atoms with E-state index in [9.17, 15) is 4.79 Å². The maximum Gasteiger partial charge on any atom is 0.323 e. The average Bonchev–Trinajstić information content (AvgIpc) is 2.85. The number of ether oxygens (including phenoxy) is 1. The minimum Gasteiger partial charge on any atom is -0.460 e. The third-order valence-electron chi connectivity index (χ3n) is 3.27. The molecular formula is C14H19NO2. The van der Waals surface area contributed by atoms with Gasteiger partial charge in [0.2, 0.25) is 0 Å². The van der Waals surface area contributed by atoms with Crippen LogP contribution < -0.4 is 0 Å². The fraction of sp³-hybridized carbons (Fsp3) is 0.500. The highest BCUT2D eigenvalue weighted by atomic mass is 16.5. The van der Waals surface area contributed by atoms with Gasteiger partial charge in [0.05, 0.1) is 0 Å². The van der Waals surface area contributed by atoms with E-state index in [4.69, 9.17) is 4.74 Å². The lowest BCUT2D eigenvalue weighted by Crippen LogP contribution is -2.36. The van der Waals surface area contributed by atoms with Gasteiger partial charge in [-0.3, -0.25) is 9.69 Å². The van der Waals surface area contributed by atoms with E-state index < -0.39 is 0 Å². The Morgan fingerprint density at radius 1 is 1.41 bits per heavy atom. The number of carbonyl (C=O) groups excluding carboxylic acids is 1. The monoisotopic (exact) mass is 233 g/mol. The van der Waals surface area contributed by atoms with Crippen molar-refractivity contribution < 1.29 is 9.53 Å². The Hall–Kier alpha value is -1.35. The molecule has 1 atom stereocenters. The van der Waals surface area contributed by atoms with Crippen LogP contribution in [0.4, 0.5) is 0 Å². The van der Waals surface area contributed by atoms with Gasteiger partial charge in [0.1, 0.15) is 12.6 Å². The Morgan fingerprint density at radius 3 is 2.88 bits per heavy atom. The summed E-state index contributed by atoms with van der Waals surface area (Å²) < 4.78 is 5.36. The highest BCUT2D eigenvalue weighted by molar-refractivity contribution is 5.76. The van der Waals surface area contributed by atoms with E-state index in [2.05, 4.69) is 11.8 Å². The number of hydrogen-bond donors (Lipinski definition) is 0. The van der Waals surface area contributed by atoms with Crippen LogP contribution in [0.3, 0.4) is 0 Å². The van der Waals surface area contributed by atoms with Crippen molar-refractivity contribution in [2.45, 2.75) is 32.4 Å². The molecule has 17 heavy (non-hydrogen) atoms. The smallest absolute Gasteiger partial charge is 0.323 e. The van der Waals surface area contributed by atoms with E-state index in [-0.39, 0.29) is 12.0 Å². The van der Waals surface area contributed by atoms with Gasteiger partial charge in [0.15, 0.2) is 0 Å². The molecule has 0 amide bonds. The molecule has 0 radical (unpaired) electrons. The Kier molecular flexibility index (Phi) is 4.15. The fourth-order valence-corrected chi connectivity index (χ4v) is 2.30. The van der Waals surface area contributed by atoms with Crippen LogP contribution >= 0.6 is 0 Å². The minimum absolute atomic E-state index is 0.0243. The first kappa shape index (κ1) is 12.1. The van der Waals surface area contributed by atoms with Gasteiger partial charge in [-0.25, -0.2) is 0 Å². The van der Waals surface area contributed by atoms with E-state index in [1.807, 2.05) is 30.3 Å². The minimum atomic E-state index is -0.0757. The van der Waals surface area contributed by atoms with Gasteiger partial charge in [-0.1, -0.05) is 37.3 Å². The van der Waals surface area contributed by atoms with Crippen molar-refractivity contribution in [1.29, 1.82) is 0 Å². The van der Waals surface area contributed by atoms with Gasteiger partial charge in [0.25, 0.3) is 0 Å². The topological polar surface area (TPSA) is 29.5 Å². The lowest BCUT2D eigenvalue weighted by atomic mass is 10.2. The number of benzene rings is 1. The highest BCUT2D eigenvalue weighted by Crippen LogP contribution is 2.18. The third kappa shape index (κ3) is 3.07. The Labute approximate surface area is 102 Å². The molecule has 1 saturated heterocycles. The molecule has 0 spiro atoms. The fourth-order valence-electron chi connectivity index (χ4n) is 2.30. The summed E-state index contributed by atoms with van der Waals surface area (Å²) >= 11 is 0. The zero-order valence-electron chi connectivity index (χ0n) is 10.3. The molecule has 1 aromatic rings. The van der Waals surface area contributed by atoms with Crippen LogP contribution in [0.15, 0.2) is 30.3 Å². The number of likely N-dealkylation sites (N-methyl/N-ethyl adjacent to an activating group) is 1. The lowest BCUT2D eigenvalue weighted by molar-refractivity contribution is -0.150. The van der Waals surface area contributed by atoms with E-state index in [1.54, 1.807) is 0 Å². The molecule has 1 heterocycles. The second kappa shape index (κ2) is 5.82. The third-order valence-corrected chi connectivity index (χ3v) is 3.27. The van der Waals surface area contributed by atoms with Crippen LogP contribution in [0.5, 0.6) is 0 Å². The number of rotatable bonds is 4. The zero-order valence-corrected chi connectivity index (χ0v) is 10.3. The molecule has 1 aliphatic heterocycles. The largest absolute Gasteiger partial charge is 0.460 e. The van der Waals surface area contributed by atoms with Crippen molar-refractivity contribution in [2.75, 3.05) is 13.1 Å². The summed E-state index contributed by atoms with van der Waals surface area (Å²) in [6, 6.07) is 9.79. The molecule has 0 saturated carbocycles. The Bertz CT molecular complexity index is 364. The highest BCUT2D eigenvalue weighted by Gasteiger charge is 2.30. The molecule has 1 aliphatic rings. The summed E-state index contributed by atoms with van der Waals surface area (Å²) in [5, 5.41) is 0. The molecule has 1 fully saturated rings. The summed E-state index contributed by atoms with van der Waals surface area (Å²) in [4.78, 5) is 14.1. The second-order valence-corrected chi connectivity index (χ2v) is 4.38. The number of esters is 1. The van der Waals surface area contributed by atoms with Gasteiger partial charge >= 0.3 is 5.97 Å². The van der Waals surface area contributed by atoms with Crippen molar-refractivity contribution in [2.24, 2.45) is 0 Å². The van der Waals surface area contributed by atoms with Gasteiger partial charge < -0.3 is 4.74 Å². The summed E-state index contributed by atoms with van der Waals surface area (Å²) in [5.74, 6) is -0.0757. The Balaban J connectivity index is 1.85. The first-order valence-electron chi connectivity index (χ1n) is 6.26. The molecule has 0 unspecified atom stereocenters. The van der Waals surface area contributed by atoms with Crippen molar-refractivity contribution in [3.8, 4) is 0 Å². The lowest BCUT2D eigenvalue weighted by Gasteiger charge is -2.20. The molecular weight excluding hydrogens is 214 g/mol. The van der Waals surface area contributed by atoms with Crippen LogP contribution in [0.2, 0.25) is 0 Å². The van der Waals surface area contributed by atoms with Crippen LogP contribution in [-0.2, 0) is 16.1 Å². The van der Waals surface area contributed by atoms with E-state index in [1.165, 1.54) is 0 Å². The number of carbonyl (C=O) groups is 1. The van der Waals surface area contributed by atoms with Gasteiger partial charge in [0, 0.05) is 0 Å².